The van der Waals surface area contributed by atoms with Gasteiger partial charge in [0.25, 0.3) is 0 Å². The van der Waals surface area contributed by atoms with Crippen molar-refractivity contribution in [2.75, 3.05) is 6.54 Å². The molecule has 2 aromatic rings. The van der Waals surface area contributed by atoms with E-state index in [9.17, 15) is 0 Å². The van der Waals surface area contributed by atoms with Gasteiger partial charge in [0.05, 0.1) is 5.02 Å². The maximum absolute atomic E-state index is 6.10. The van der Waals surface area contributed by atoms with Gasteiger partial charge in [-0.25, -0.2) is 4.98 Å². The van der Waals surface area contributed by atoms with Gasteiger partial charge in [0.1, 0.15) is 5.75 Å². The van der Waals surface area contributed by atoms with Crippen LogP contribution in [0.25, 0.3) is 0 Å². The summed E-state index contributed by atoms with van der Waals surface area (Å²) in [6.07, 6.45) is 2.93. The van der Waals surface area contributed by atoms with Gasteiger partial charge in [-0.1, -0.05) is 40.5 Å². The van der Waals surface area contributed by atoms with Crippen LogP contribution < -0.4 is 10.1 Å². The van der Waals surface area contributed by atoms with Crippen molar-refractivity contribution < 1.29 is 4.74 Å². The number of hydrogen-bond donors (Lipinski definition) is 1. The van der Waals surface area contributed by atoms with Gasteiger partial charge in [-0.05, 0) is 36.7 Å². The van der Waals surface area contributed by atoms with E-state index in [1.165, 1.54) is 0 Å². The van der Waals surface area contributed by atoms with Crippen LogP contribution in [0.5, 0.6) is 11.6 Å². The molecule has 106 valence electrons. The minimum Gasteiger partial charge on any atom is -0.437 e. The Morgan fingerprint density at radius 1 is 1.30 bits per heavy atom. The van der Waals surface area contributed by atoms with Gasteiger partial charge in [-0.15, -0.1) is 0 Å². The molecular formula is C15H16BrClN2O. The van der Waals surface area contributed by atoms with Crippen molar-refractivity contribution in [2.45, 2.75) is 19.9 Å². The summed E-state index contributed by atoms with van der Waals surface area (Å²) in [6.45, 7) is 3.97. The van der Waals surface area contributed by atoms with E-state index in [2.05, 4.69) is 33.2 Å². The standard InChI is InChI=1S/C15H16BrClN2O/c1-2-7-18-9-11-3-6-15(19-10-11)20-14-5-4-12(16)8-13(14)17/h3-6,8,10,18H,2,7,9H2,1H3. The fraction of sp³-hybridized carbons (Fsp3) is 0.267. The van der Waals surface area contributed by atoms with Crippen molar-refractivity contribution in [3.05, 3.63) is 51.6 Å². The zero-order valence-corrected chi connectivity index (χ0v) is 13.5. The van der Waals surface area contributed by atoms with Gasteiger partial charge in [0.2, 0.25) is 5.88 Å². The number of pyridine rings is 1. The van der Waals surface area contributed by atoms with Crippen molar-refractivity contribution in [1.82, 2.24) is 10.3 Å². The van der Waals surface area contributed by atoms with Gasteiger partial charge < -0.3 is 10.1 Å². The lowest BCUT2D eigenvalue weighted by Gasteiger charge is -2.08. The third-order valence-corrected chi connectivity index (χ3v) is 3.45. The van der Waals surface area contributed by atoms with Gasteiger partial charge in [0.15, 0.2) is 0 Å². The largest absolute Gasteiger partial charge is 0.437 e. The Labute approximate surface area is 132 Å². The maximum Gasteiger partial charge on any atom is 0.219 e. The number of aromatic nitrogens is 1. The molecule has 1 N–H and O–H groups in total. The third kappa shape index (κ3) is 4.47. The molecule has 0 saturated heterocycles. The minimum absolute atomic E-state index is 0.536. The van der Waals surface area contributed by atoms with Crippen LogP contribution in [0.3, 0.4) is 0 Å². The molecule has 2 rings (SSSR count). The number of nitrogens with zero attached hydrogens (tertiary/aromatic N) is 1. The van der Waals surface area contributed by atoms with E-state index < -0.39 is 0 Å². The van der Waals surface area contributed by atoms with Crippen LogP contribution in [-0.2, 0) is 6.54 Å². The summed E-state index contributed by atoms with van der Waals surface area (Å²) in [5.41, 5.74) is 1.13. The van der Waals surface area contributed by atoms with Gasteiger partial charge in [0, 0.05) is 23.3 Å². The average molecular weight is 356 g/mol. The minimum atomic E-state index is 0.536. The normalized spacial score (nSPS) is 10.6. The average Bonchev–Trinajstić information content (AvgIpc) is 2.44. The Morgan fingerprint density at radius 2 is 2.15 bits per heavy atom. The fourth-order valence-corrected chi connectivity index (χ4v) is 2.37. The summed E-state index contributed by atoms with van der Waals surface area (Å²) in [5.74, 6) is 1.13. The second-order valence-electron chi connectivity index (χ2n) is 4.36. The number of nitrogens with one attached hydrogen (secondary N) is 1. The Morgan fingerprint density at radius 3 is 2.80 bits per heavy atom. The van der Waals surface area contributed by atoms with E-state index in [1.54, 1.807) is 6.07 Å². The monoisotopic (exact) mass is 354 g/mol. The zero-order chi connectivity index (χ0) is 14.4. The summed E-state index contributed by atoms with van der Waals surface area (Å²) in [7, 11) is 0. The predicted octanol–water partition coefficient (Wildman–Crippen LogP) is 4.79. The Kier molecular flexibility index (Phi) is 5.83. The molecule has 0 spiro atoms. The smallest absolute Gasteiger partial charge is 0.219 e. The first-order chi connectivity index (χ1) is 9.69. The lowest BCUT2D eigenvalue weighted by molar-refractivity contribution is 0.462. The predicted molar refractivity (Wildman–Crippen MR) is 85.5 cm³/mol. The van der Waals surface area contributed by atoms with E-state index in [1.807, 2.05) is 30.5 Å². The number of ether oxygens (including phenoxy) is 1. The highest BCUT2D eigenvalue weighted by molar-refractivity contribution is 9.10. The van der Waals surface area contributed by atoms with E-state index in [4.69, 9.17) is 16.3 Å². The number of halogens is 2. The van der Waals surface area contributed by atoms with E-state index >= 15 is 0 Å². The third-order valence-electron chi connectivity index (χ3n) is 2.66. The van der Waals surface area contributed by atoms with Gasteiger partial charge in [-0.2, -0.15) is 0 Å². The molecule has 0 unspecified atom stereocenters. The first kappa shape index (κ1) is 15.3. The van der Waals surface area contributed by atoms with E-state index in [0.29, 0.717) is 16.7 Å². The first-order valence-electron chi connectivity index (χ1n) is 6.47. The van der Waals surface area contributed by atoms with Crippen molar-refractivity contribution in [2.24, 2.45) is 0 Å². The quantitative estimate of drug-likeness (QED) is 0.757. The summed E-state index contributed by atoms with van der Waals surface area (Å²) in [6, 6.07) is 9.33. The summed E-state index contributed by atoms with van der Waals surface area (Å²) in [4.78, 5) is 4.28. The second kappa shape index (κ2) is 7.62. The first-order valence-corrected chi connectivity index (χ1v) is 7.64. The molecule has 0 aliphatic rings. The molecule has 0 atom stereocenters. The van der Waals surface area contributed by atoms with Crippen molar-refractivity contribution in [3.8, 4) is 11.6 Å². The highest BCUT2D eigenvalue weighted by Crippen LogP contribution is 2.30. The number of benzene rings is 1. The molecular weight excluding hydrogens is 340 g/mol. The van der Waals surface area contributed by atoms with Crippen LogP contribution >= 0.6 is 27.5 Å². The zero-order valence-electron chi connectivity index (χ0n) is 11.2. The Bertz CT molecular complexity index is 560. The highest BCUT2D eigenvalue weighted by atomic mass is 79.9. The van der Waals surface area contributed by atoms with Gasteiger partial charge in [-0.3, -0.25) is 0 Å². The van der Waals surface area contributed by atoms with Crippen LogP contribution in [0.4, 0.5) is 0 Å². The molecule has 1 heterocycles. The highest BCUT2D eigenvalue weighted by Gasteiger charge is 2.04. The van der Waals surface area contributed by atoms with E-state index in [-0.39, 0.29) is 0 Å². The van der Waals surface area contributed by atoms with Crippen molar-refractivity contribution >= 4 is 27.5 Å². The lowest BCUT2D eigenvalue weighted by Crippen LogP contribution is -2.13. The van der Waals surface area contributed by atoms with Crippen LogP contribution in [0.2, 0.25) is 5.02 Å². The molecule has 3 nitrogen and oxygen atoms in total. The van der Waals surface area contributed by atoms with Crippen LogP contribution in [-0.4, -0.2) is 11.5 Å². The molecule has 1 aromatic carbocycles. The van der Waals surface area contributed by atoms with E-state index in [0.717, 1.165) is 29.5 Å². The number of rotatable bonds is 6. The molecule has 0 bridgehead atoms. The molecule has 0 aliphatic heterocycles. The Hall–Kier alpha value is -1.10. The molecule has 20 heavy (non-hydrogen) atoms. The second-order valence-corrected chi connectivity index (χ2v) is 5.68. The molecule has 0 aliphatic carbocycles. The summed E-state index contributed by atoms with van der Waals surface area (Å²) >= 11 is 9.46. The molecule has 0 radical (unpaired) electrons. The Balaban J connectivity index is 1.99. The molecule has 0 fully saturated rings. The van der Waals surface area contributed by atoms with Crippen molar-refractivity contribution in [1.29, 1.82) is 0 Å². The fourth-order valence-electron chi connectivity index (χ4n) is 1.66. The molecule has 5 heteroatoms. The number of hydrogen-bond acceptors (Lipinski definition) is 3. The van der Waals surface area contributed by atoms with Crippen LogP contribution in [0, 0.1) is 0 Å². The molecule has 0 saturated carbocycles. The van der Waals surface area contributed by atoms with Gasteiger partial charge >= 0.3 is 0 Å². The molecule has 0 amide bonds. The van der Waals surface area contributed by atoms with Crippen LogP contribution in [0.15, 0.2) is 41.0 Å². The summed E-state index contributed by atoms with van der Waals surface area (Å²) < 4.78 is 6.58. The maximum atomic E-state index is 6.10. The SMILES string of the molecule is CCCNCc1ccc(Oc2ccc(Br)cc2Cl)nc1. The lowest BCUT2D eigenvalue weighted by atomic mass is 10.3. The van der Waals surface area contributed by atoms with Crippen molar-refractivity contribution in [3.63, 3.8) is 0 Å². The van der Waals surface area contributed by atoms with Crippen LogP contribution in [0.1, 0.15) is 18.9 Å². The topological polar surface area (TPSA) is 34.1 Å². The molecule has 1 aromatic heterocycles. The summed E-state index contributed by atoms with van der Waals surface area (Å²) in [5, 5.41) is 3.88.